The molecule has 112 valence electrons. The van der Waals surface area contributed by atoms with Gasteiger partial charge in [-0.1, -0.05) is 12.1 Å². The van der Waals surface area contributed by atoms with E-state index in [1.807, 2.05) is 0 Å². The number of anilines is 1. The lowest BCUT2D eigenvalue weighted by Crippen LogP contribution is -2.42. The number of carboxylic acid groups (broad SMARTS) is 1. The number of benzene rings is 1. The first-order valence-electron chi connectivity index (χ1n) is 6.84. The predicted octanol–water partition coefficient (Wildman–Crippen LogP) is 1.28. The van der Waals surface area contributed by atoms with Crippen LogP contribution in [0.15, 0.2) is 24.3 Å². The monoisotopic (exact) mass is 290 g/mol. The van der Waals surface area contributed by atoms with Gasteiger partial charge in [0.15, 0.2) is 5.78 Å². The van der Waals surface area contributed by atoms with Crippen LogP contribution < -0.4 is 10.6 Å². The molecule has 0 bridgehead atoms. The van der Waals surface area contributed by atoms with Gasteiger partial charge in [-0.05, 0) is 37.8 Å². The lowest BCUT2D eigenvalue weighted by Gasteiger charge is -2.13. The van der Waals surface area contributed by atoms with Gasteiger partial charge in [0.1, 0.15) is 6.04 Å². The first kappa shape index (κ1) is 15.2. The summed E-state index contributed by atoms with van der Waals surface area (Å²) in [6.07, 6.45) is 1.76. The third kappa shape index (κ3) is 4.39. The fourth-order valence-electron chi connectivity index (χ4n) is 2.11. The SMILES string of the molecule is CC(=O)c1cccc(NC(=O)CNC(C(=O)O)C2CC2)c1. The van der Waals surface area contributed by atoms with E-state index in [2.05, 4.69) is 10.6 Å². The number of carboxylic acids is 1. The van der Waals surface area contributed by atoms with Gasteiger partial charge in [0.05, 0.1) is 6.54 Å². The Kier molecular flexibility index (Phi) is 4.70. The molecular weight excluding hydrogens is 272 g/mol. The quantitative estimate of drug-likeness (QED) is 0.657. The summed E-state index contributed by atoms with van der Waals surface area (Å²) in [5.41, 5.74) is 1.04. The average molecular weight is 290 g/mol. The fourth-order valence-corrected chi connectivity index (χ4v) is 2.11. The molecule has 1 aliphatic rings. The molecule has 0 radical (unpaired) electrons. The second-order valence-corrected chi connectivity index (χ2v) is 5.22. The molecule has 1 saturated carbocycles. The minimum Gasteiger partial charge on any atom is -0.480 e. The van der Waals surface area contributed by atoms with Crippen LogP contribution in [0.1, 0.15) is 30.1 Å². The molecule has 1 atom stereocenters. The van der Waals surface area contributed by atoms with Crippen LogP contribution in [-0.2, 0) is 9.59 Å². The maximum absolute atomic E-state index is 11.8. The smallest absolute Gasteiger partial charge is 0.320 e. The Morgan fingerprint density at radius 2 is 2.05 bits per heavy atom. The highest BCUT2D eigenvalue weighted by molar-refractivity contribution is 5.97. The van der Waals surface area contributed by atoms with Gasteiger partial charge in [-0.25, -0.2) is 0 Å². The zero-order chi connectivity index (χ0) is 15.4. The molecule has 6 heteroatoms. The van der Waals surface area contributed by atoms with Gasteiger partial charge >= 0.3 is 5.97 Å². The van der Waals surface area contributed by atoms with E-state index in [0.29, 0.717) is 11.3 Å². The predicted molar refractivity (Wildman–Crippen MR) is 77.2 cm³/mol. The molecule has 0 spiro atoms. The van der Waals surface area contributed by atoms with E-state index in [1.54, 1.807) is 24.3 Å². The number of carbonyl (C=O) groups is 3. The molecule has 1 aromatic carbocycles. The lowest BCUT2D eigenvalue weighted by atomic mass is 10.1. The molecular formula is C15H18N2O4. The van der Waals surface area contributed by atoms with Crippen molar-refractivity contribution < 1.29 is 19.5 Å². The lowest BCUT2D eigenvalue weighted by molar-refractivity contribution is -0.140. The molecule has 2 rings (SSSR count). The molecule has 1 fully saturated rings. The number of amides is 1. The van der Waals surface area contributed by atoms with Crippen LogP contribution in [-0.4, -0.2) is 35.4 Å². The zero-order valence-electron chi connectivity index (χ0n) is 11.8. The number of ketones is 1. The second kappa shape index (κ2) is 6.49. The zero-order valence-corrected chi connectivity index (χ0v) is 11.8. The highest BCUT2D eigenvalue weighted by Crippen LogP contribution is 2.32. The number of carbonyl (C=O) groups excluding carboxylic acids is 2. The van der Waals surface area contributed by atoms with E-state index >= 15 is 0 Å². The van der Waals surface area contributed by atoms with Crippen molar-refractivity contribution in [2.75, 3.05) is 11.9 Å². The Bertz CT molecular complexity index is 567. The van der Waals surface area contributed by atoms with Crippen molar-refractivity contribution in [3.8, 4) is 0 Å². The van der Waals surface area contributed by atoms with Crippen molar-refractivity contribution in [1.29, 1.82) is 0 Å². The third-order valence-electron chi connectivity index (χ3n) is 3.39. The molecule has 3 N–H and O–H groups in total. The summed E-state index contributed by atoms with van der Waals surface area (Å²) in [5, 5.41) is 14.5. The molecule has 1 aromatic rings. The summed E-state index contributed by atoms with van der Waals surface area (Å²) in [7, 11) is 0. The normalized spacial score (nSPS) is 15.3. The summed E-state index contributed by atoms with van der Waals surface area (Å²) in [5.74, 6) is -1.22. The van der Waals surface area contributed by atoms with Gasteiger partial charge in [-0.3, -0.25) is 19.7 Å². The Labute approximate surface area is 122 Å². The van der Waals surface area contributed by atoms with Crippen LogP contribution in [0.2, 0.25) is 0 Å². The molecule has 1 unspecified atom stereocenters. The number of nitrogens with one attached hydrogen (secondary N) is 2. The van der Waals surface area contributed by atoms with Gasteiger partial charge in [-0.2, -0.15) is 0 Å². The van der Waals surface area contributed by atoms with Gasteiger partial charge in [-0.15, -0.1) is 0 Å². The fraction of sp³-hybridized carbons (Fsp3) is 0.400. The van der Waals surface area contributed by atoms with Crippen molar-refractivity contribution in [3.63, 3.8) is 0 Å². The van der Waals surface area contributed by atoms with Crippen LogP contribution in [0, 0.1) is 5.92 Å². The van der Waals surface area contributed by atoms with E-state index in [-0.39, 0.29) is 24.2 Å². The highest BCUT2D eigenvalue weighted by Gasteiger charge is 2.36. The standard InChI is InChI=1S/C15H18N2O4/c1-9(18)11-3-2-4-12(7-11)17-13(19)8-16-14(15(20)21)10-5-6-10/h2-4,7,10,14,16H,5-6,8H2,1H3,(H,17,19)(H,20,21). The molecule has 1 amide bonds. The highest BCUT2D eigenvalue weighted by atomic mass is 16.4. The number of Topliss-reactive ketones (excluding diaryl/α,β-unsaturated/α-hetero) is 1. The summed E-state index contributed by atoms with van der Waals surface area (Å²) < 4.78 is 0. The van der Waals surface area contributed by atoms with Crippen LogP contribution in [0.3, 0.4) is 0 Å². The van der Waals surface area contributed by atoms with E-state index in [0.717, 1.165) is 12.8 Å². The van der Waals surface area contributed by atoms with Crippen LogP contribution >= 0.6 is 0 Å². The van der Waals surface area contributed by atoms with Crippen molar-refractivity contribution in [3.05, 3.63) is 29.8 Å². The first-order chi connectivity index (χ1) is 9.97. The molecule has 0 aromatic heterocycles. The van der Waals surface area contributed by atoms with E-state index in [9.17, 15) is 14.4 Å². The van der Waals surface area contributed by atoms with Crippen LogP contribution in [0.5, 0.6) is 0 Å². The largest absolute Gasteiger partial charge is 0.480 e. The van der Waals surface area contributed by atoms with Crippen molar-refractivity contribution in [1.82, 2.24) is 5.32 Å². The molecule has 0 aliphatic heterocycles. The molecule has 1 aliphatic carbocycles. The average Bonchev–Trinajstić information content (AvgIpc) is 3.23. The first-order valence-corrected chi connectivity index (χ1v) is 6.84. The summed E-state index contributed by atoms with van der Waals surface area (Å²) in [6, 6.07) is 5.96. The summed E-state index contributed by atoms with van der Waals surface area (Å²) in [4.78, 5) is 34.1. The molecule has 21 heavy (non-hydrogen) atoms. The van der Waals surface area contributed by atoms with Gasteiger partial charge < -0.3 is 10.4 Å². The van der Waals surface area contributed by atoms with E-state index in [4.69, 9.17) is 5.11 Å². The number of hydrogen-bond acceptors (Lipinski definition) is 4. The van der Waals surface area contributed by atoms with Crippen molar-refractivity contribution in [2.24, 2.45) is 5.92 Å². The van der Waals surface area contributed by atoms with Gasteiger partial charge in [0.25, 0.3) is 0 Å². The number of aliphatic carboxylic acids is 1. The minimum atomic E-state index is -0.927. The Balaban J connectivity index is 1.88. The molecule has 0 saturated heterocycles. The Morgan fingerprint density at radius 1 is 1.33 bits per heavy atom. The van der Waals surface area contributed by atoms with E-state index < -0.39 is 12.0 Å². The minimum absolute atomic E-state index is 0.0717. The Hall–Kier alpha value is -2.21. The maximum Gasteiger partial charge on any atom is 0.320 e. The second-order valence-electron chi connectivity index (χ2n) is 5.22. The molecule has 6 nitrogen and oxygen atoms in total. The molecule has 0 heterocycles. The van der Waals surface area contributed by atoms with Crippen molar-refractivity contribution in [2.45, 2.75) is 25.8 Å². The van der Waals surface area contributed by atoms with Crippen LogP contribution in [0.4, 0.5) is 5.69 Å². The Morgan fingerprint density at radius 3 is 2.62 bits per heavy atom. The summed E-state index contributed by atoms with van der Waals surface area (Å²) in [6.45, 7) is 1.38. The van der Waals surface area contributed by atoms with Crippen LogP contribution in [0.25, 0.3) is 0 Å². The number of rotatable bonds is 7. The van der Waals surface area contributed by atoms with Crippen molar-refractivity contribution >= 4 is 23.3 Å². The number of hydrogen-bond donors (Lipinski definition) is 3. The van der Waals surface area contributed by atoms with Gasteiger partial charge in [0.2, 0.25) is 5.91 Å². The van der Waals surface area contributed by atoms with Gasteiger partial charge in [0, 0.05) is 11.3 Å². The maximum atomic E-state index is 11.8. The summed E-state index contributed by atoms with van der Waals surface area (Å²) >= 11 is 0. The topological polar surface area (TPSA) is 95.5 Å². The van der Waals surface area contributed by atoms with E-state index in [1.165, 1.54) is 6.92 Å². The third-order valence-corrected chi connectivity index (χ3v) is 3.39.